The normalized spacial score (nSPS) is 20.8. The number of carbonyl (C=O) groups is 2. The number of piperidine rings is 1. The minimum Gasteiger partial charge on any atom is -0.445 e. The van der Waals surface area contributed by atoms with E-state index in [-0.39, 0.29) is 18.2 Å². The van der Waals surface area contributed by atoms with Crippen LogP contribution in [-0.2, 0) is 16.1 Å². The van der Waals surface area contributed by atoms with Crippen LogP contribution in [0.25, 0.3) is 0 Å². The largest absolute Gasteiger partial charge is 0.445 e. The Hall–Kier alpha value is -2.28. The first-order valence-corrected chi connectivity index (χ1v) is 11.0. The van der Waals surface area contributed by atoms with Crippen LogP contribution in [0.3, 0.4) is 0 Å². The number of carbonyl (C=O) groups excluding carboxylic acids is 2. The van der Waals surface area contributed by atoms with Gasteiger partial charge in [0.05, 0.1) is 0 Å². The zero-order valence-corrected chi connectivity index (χ0v) is 18.4. The molecular formula is C23H35N3O4. The summed E-state index contributed by atoms with van der Waals surface area (Å²) in [5, 5.41) is 2.99. The van der Waals surface area contributed by atoms with Gasteiger partial charge in [-0.1, -0.05) is 30.3 Å². The zero-order chi connectivity index (χ0) is 21.6. The van der Waals surface area contributed by atoms with Gasteiger partial charge in [0.1, 0.15) is 12.2 Å². The molecule has 0 aliphatic carbocycles. The number of amides is 2. The molecule has 1 aromatic carbocycles. The lowest BCUT2D eigenvalue weighted by Crippen LogP contribution is -2.46. The highest BCUT2D eigenvalue weighted by Gasteiger charge is 2.31. The Balaban J connectivity index is 1.32. The summed E-state index contributed by atoms with van der Waals surface area (Å²) in [6, 6.07) is 9.86. The van der Waals surface area contributed by atoms with E-state index in [1.807, 2.05) is 56.0 Å². The van der Waals surface area contributed by atoms with Crippen molar-refractivity contribution < 1.29 is 19.1 Å². The van der Waals surface area contributed by atoms with Crippen molar-refractivity contribution >= 4 is 12.2 Å². The molecule has 2 fully saturated rings. The van der Waals surface area contributed by atoms with Crippen LogP contribution in [-0.4, -0.2) is 66.4 Å². The monoisotopic (exact) mass is 417 g/mol. The second-order valence-corrected chi connectivity index (χ2v) is 9.36. The highest BCUT2D eigenvalue weighted by atomic mass is 16.6. The number of rotatable bonds is 5. The molecule has 1 N–H and O–H groups in total. The number of alkyl carbamates (subject to hydrolysis) is 1. The van der Waals surface area contributed by atoms with Gasteiger partial charge in [-0.25, -0.2) is 9.59 Å². The Morgan fingerprint density at radius 2 is 1.77 bits per heavy atom. The van der Waals surface area contributed by atoms with E-state index < -0.39 is 5.60 Å². The van der Waals surface area contributed by atoms with Crippen LogP contribution in [0, 0.1) is 5.92 Å². The van der Waals surface area contributed by atoms with Crippen molar-refractivity contribution in [2.45, 2.75) is 58.3 Å². The molecule has 2 aliphatic heterocycles. The first kappa shape index (κ1) is 22.4. The Kier molecular flexibility index (Phi) is 7.58. The van der Waals surface area contributed by atoms with Crippen LogP contribution in [0.1, 0.15) is 45.6 Å². The maximum Gasteiger partial charge on any atom is 0.410 e. The number of likely N-dealkylation sites (tertiary alicyclic amines) is 2. The second kappa shape index (κ2) is 10.2. The third kappa shape index (κ3) is 7.20. The van der Waals surface area contributed by atoms with Gasteiger partial charge in [0.25, 0.3) is 0 Å². The highest BCUT2D eigenvalue weighted by Crippen LogP contribution is 2.22. The van der Waals surface area contributed by atoms with Gasteiger partial charge in [-0.2, -0.15) is 0 Å². The molecule has 0 spiro atoms. The predicted molar refractivity (Wildman–Crippen MR) is 115 cm³/mol. The maximum atomic E-state index is 12.2. The van der Waals surface area contributed by atoms with E-state index in [0.29, 0.717) is 12.5 Å². The summed E-state index contributed by atoms with van der Waals surface area (Å²) in [5.41, 5.74) is 0.534. The Morgan fingerprint density at radius 1 is 1.07 bits per heavy atom. The molecule has 30 heavy (non-hydrogen) atoms. The Labute approximate surface area is 179 Å². The number of hydrogen-bond donors (Lipinski definition) is 1. The SMILES string of the molecule is CC(C)(C)OC(=O)N1CCC(CN2CCC(NC(=O)OCc3ccccc3)CC2)C1. The maximum absolute atomic E-state index is 12.2. The molecule has 7 nitrogen and oxygen atoms in total. The highest BCUT2D eigenvalue weighted by molar-refractivity contribution is 5.68. The predicted octanol–water partition coefficient (Wildman–Crippen LogP) is 3.63. The van der Waals surface area contributed by atoms with E-state index in [0.717, 1.165) is 57.5 Å². The van der Waals surface area contributed by atoms with Gasteiger partial charge in [0.2, 0.25) is 0 Å². The minimum absolute atomic E-state index is 0.159. The zero-order valence-electron chi connectivity index (χ0n) is 18.4. The molecule has 1 atom stereocenters. The average Bonchev–Trinajstić information content (AvgIpc) is 3.16. The fraction of sp³-hybridized carbons (Fsp3) is 0.652. The van der Waals surface area contributed by atoms with Crippen LogP contribution in [0.4, 0.5) is 9.59 Å². The van der Waals surface area contributed by atoms with Crippen LogP contribution >= 0.6 is 0 Å². The average molecular weight is 418 g/mol. The van der Waals surface area contributed by atoms with Crippen LogP contribution < -0.4 is 5.32 Å². The van der Waals surface area contributed by atoms with Gasteiger partial charge in [0, 0.05) is 38.8 Å². The molecule has 3 rings (SSSR count). The van der Waals surface area contributed by atoms with Crippen molar-refractivity contribution in [2.24, 2.45) is 5.92 Å². The number of nitrogens with zero attached hydrogens (tertiary/aromatic N) is 2. The van der Waals surface area contributed by atoms with Crippen LogP contribution in [0.15, 0.2) is 30.3 Å². The van der Waals surface area contributed by atoms with Crippen LogP contribution in [0.5, 0.6) is 0 Å². The van der Waals surface area contributed by atoms with E-state index >= 15 is 0 Å². The summed E-state index contributed by atoms with van der Waals surface area (Å²) < 4.78 is 10.8. The number of nitrogens with one attached hydrogen (secondary N) is 1. The first-order valence-electron chi connectivity index (χ1n) is 11.0. The van der Waals surface area contributed by atoms with E-state index in [4.69, 9.17) is 9.47 Å². The topological polar surface area (TPSA) is 71.1 Å². The van der Waals surface area contributed by atoms with Crippen molar-refractivity contribution in [3.05, 3.63) is 35.9 Å². The molecule has 1 aromatic rings. The lowest BCUT2D eigenvalue weighted by molar-refractivity contribution is 0.0284. The summed E-state index contributed by atoms with van der Waals surface area (Å²) in [6.07, 6.45) is 2.30. The van der Waals surface area contributed by atoms with E-state index in [2.05, 4.69) is 10.2 Å². The second-order valence-electron chi connectivity index (χ2n) is 9.36. The summed E-state index contributed by atoms with van der Waals surface area (Å²) in [7, 11) is 0. The summed E-state index contributed by atoms with van der Waals surface area (Å²) in [5.74, 6) is 0.484. The van der Waals surface area contributed by atoms with Crippen molar-refractivity contribution in [1.82, 2.24) is 15.1 Å². The fourth-order valence-corrected chi connectivity index (χ4v) is 4.03. The molecule has 2 amide bonds. The summed E-state index contributed by atoms with van der Waals surface area (Å²) in [6.45, 7) is 10.4. The first-order chi connectivity index (χ1) is 14.3. The summed E-state index contributed by atoms with van der Waals surface area (Å²) in [4.78, 5) is 28.5. The standard InChI is InChI=1S/C23H35N3O4/c1-23(2,3)30-22(28)26-14-9-19(16-26)15-25-12-10-20(11-13-25)24-21(27)29-17-18-7-5-4-6-8-18/h4-8,19-20H,9-17H2,1-3H3,(H,24,27). The van der Waals surface area contributed by atoms with Gasteiger partial charge in [-0.15, -0.1) is 0 Å². The molecular weight excluding hydrogens is 382 g/mol. The fourth-order valence-electron chi connectivity index (χ4n) is 4.03. The molecule has 0 radical (unpaired) electrons. The third-order valence-corrected chi connectivity index (χ3v) is 5.58. The van der Waals surface area contributed by atoms with E-state index in [9.17, 15) is 9.59 Å². The minimum atomic E-state index is -0.452. The van der Waals surface area contributed by atoms with Crippen molar-refractivity contribution in [1.29, 1.82) is 0 Å². The van der Waals surface area contributed by atoms with Gasteiger partial charge in [-0.3, -0.25) is 0 Å². The number of hydrogen-bond acceptors (Lipinski definition) is 5. The summed E-state index contributed by atoms with van der Waals surface area (Å²) >= 11 is 0. The molecule has 1 unspecified atom stereocenters. The molecule has 2 aliphatic rings. The Morgan fingerprint density at radius 3 is 2.43 bits per heavy atom. The lowest BCUT2D eigenvalue weighted by atomic mass is 10.0. The van der Waals surface area contributed by atoms with Gasteiger partial charge >= 0.3 is 12.2 Å². The van der Waals surface area contributed by atoms with Gasteiger partial charge < -0.3 is 24.6 Å². The van der Waals surface area contributed by atoms with E-state index in [1.165, 1.54) is 0 Å². The third-order valence-electron chi connectivity index (χ3n) is 5.58. The van der Waals surface area contributed by atoms with Crippen molar-refractivity contribution in [3.63, 3.8) is 0 Å². The lowest BCUT2D eigenvalue weighted by Gasteiger charge is -2.33. The molecule has 7 heteroatoms. The molecule has 0 bridgehead atoms. The van der Waals surface area contributed by atoms with Crippen molar-refractivity contribution in [3.8, 4) is 0 Å². The number of ether oxygens (including phenoxy) is 2. The molecule has 166 valence electrons. The smallest absolute Gasteiger partial charge is 0.410 e. The Bertz CT molecular complexity index is 696. The molecule has 0 saturated carbocycles. The van der Waals surface area contributed by atoms with Crippen molar-refractivity contribution in [2.75, 3.05) is 32.7 Å². The quantitative estimate of drug-likeness (QED) is 0.792. The van der Waals surface area contributed by atoms with E-state index in [1.54, 1.807) is 0 Å². The molecule has 0 aromatic heterocycles. The van der Waals surface area contributed by atoms with Gasteiger partial charge in [-0.05, 0) is 51.5 Å². The van der Waals surface area contributed by atoms with Gasteiger partial charge in [0.15, 0.2) is 0 Å². The molecule has 2 saturated heterocycles. The number of benzene rings is 1. The van der Waals surface area contributed by atoms with Crippen LogP contribution in [0.2, 0.25) is 0 Å². The molecule has 2 heterocycles.